The summed E-state index contributed by atoms with van der Waals surface area (Å²) < 4.78 is 35.3. The highest BCUT2D eigenvalue weighted by Crippen LogP contribution is 2.34. The Balaban J connectivity index is 1.27. The van der Waals surface area contributed by atoms with Crippen molar-refractivity contribution in [2.45, 2.75) is 23.3 Å². The second-order valence-corrected chi connectivity index (χ2v) is 13.3. The second kappa shape index (κ2) is 10.9. The number of rotatable bonds is 7. The lowest BCUT2D eigenvalue weighted by atomic mass is 9.98. The number of hydrogen-bond acceptors (Lipinski definition) is 8. The molecule has 196 valence electrons. The highest BCUT2D eigenvalue weighted by atomic mass is 79.9. The molecule has 0 bridgehead atoms. The maximum absolute atomic E-state index is 13.3. The number of benzene rings is 1. The van der Waals surface area contributed by atoms with Gasteiger partial charge in [0.25, 0.3) is 0 Å². The molecule has 1 aromatic carbocycles. The molecule has 1 N–H and O–H groups in total. The average Bonchev–Trinajstić information content (AvgIpc) is 3.55. The third-order valence-electron chi connectivity index (χ3n) is 6.65. The van der Waals surface area contributed by atoms with Crippen LogP contribution in [0.2, 0.25) is 5.02 Å². The molecule has 0 saturated carbocycles. The van der Waals surface area contributed by atoms with E-state index in [1.54, 1.807) is 22.2 Å². The Morgan fingerprint density at radius 3 is 2.78 bits per heavy atom. The fourth-order valence-corrected chi connectivity index (χ4v) is 8.55. The van der Waals surface area contributed by atoms with E-state index >= 15 is 0 Å². The summed E-state index contributed by atoms with van der Waals surface area (Å²) in [5.41, 5.74) is 2.22. The number of sulfonamides is 1. The van der Waals surface area contributed by atoms with E-state index in [1.807, 2.05) is 30.3 Å². The summed E-state index contributed by atoms with van der Waals surface area (Å²) in [7, 11) is -2.38. The molecule has 1 fully saturated rings. The summed E-state index contributed by atoms with van der Waals surface area (Å²) >= 11 is 11.1. The van der Waals surface area contributed by atoms with E-state index in [1.165, 1.54) is 23.2 Å². The first-order valence-electron chi connectivity index (χ1n) is 11.7. The van der Waals surface area contributed by atoms with Gasteiger partial charge in [0.05, 0.1) is 23.5 Å². The molecule has 0 aliphatic carbocycles. The monoisotopic (exact) mass is 625 g/mol. The SMILES string of the molecule is COC(=O)C1SC=CC1S(=O)(=O)N1CCC(CNc2cc(-c3ccccc3Cl)nc3c(Br)cnn23)CC1. The van der Waals surface area contributed by atoms with Crippen molar-refractivity contribution in [1.29, 1.82) is 0 Å². The Bertz CT molecular complexity index is 1460. The summed E-state index contributed by atoms with van der Waals surface area (Å²) in [5.74, 6) is 0.518. The molecule has 2 unspecified atom stereocenters. The van der Waals surface area contributed by atoms with Gasteiger partial charge < -0.3 is 10.1 Å². The number of carbonyl (C=O) groups is 1. The molecule has 3 aromatic rings. The minimum atomic E-state index is -3.66. The average molecular weight is 627 g/mol. The number of hydrogen-bond donors (Lipinski definition) is 1. The first-order chi connectivity index (χ1) is 17.8. The van der Waals surface area contributed by atoms with E-state index in [0.717, 1.165) is 21.5 Å². The number of carbonyl (C=O) groups excluding carboxylic acids is 1. The van der Waals surface area contributed by atoms with Gasteiger partial charge in [-0.1, -0.05) is 35.9 Å². The largest absolute Gasteiger partial charge is 0.468 e. The van der Waals surface area contributed by atoms with Crippen LogP contribution in [0.1, 0.15) is 12.8 Å². The lowest BCUT2D eigenvalue weighted by Crippen LogP contribution is -2.47. The number of methoxy groups -OCH3 is 1. The number of nitrogens with zero attached hydrogens (tertiary/aromatic N) is 4. The molecule has 37 heavy (non-hydrogen) atoms. The maximum Gasteiger partial charge on any atom is 0.320 e. The van der Waals surface area contributed by atoms with Gasteiger partial charge >= 0.3 is 5.97 Å². The van der Waals surface area contributed by atoms with Gasteiger partial charge in [0.15, 0.2) is 5.65 Å². The van der Waals surface area contributed by atoms with Gasteiger partial charge in [0.2, 0.25) is 10.0 Å². The normalized spacial score (nSPS) is 20.9. The predicted molar refractivity (Wildman–Crippen MR) is 149 cm³/mol. The van der Waals surface area contributed by atoms with Crippen LogP contribution >= 0.6 is 39.3 Å². The number of aromatic nitrogens is 3. The van der Waals surface area contributed by atoms with Gasteiger partial charge in [-0.25, -0.2) is 17.7 Å². The molecule has 9 nitrogen and oxygen atoms in total. The predicted octanol–water partition coefficient (Wildman–Crippen LogP) is 4.44. The van der Waals surface area contributed by atoms with Crippen molar-refractivity contribution in [1.82, 2.24) is 18.9 Å². The van der Waals surface area contributed by atoms with Crippen molar-refractivity contribution in [2.24, 2.45) is 5.92 Å². The van der Waals surface area contributed by atoms with E-state index in [0.29, 0.717) is 43.1 Å². The number of nitrogens with one attached hydrogen (secondary N) is 1. The zero-order valence-corrected chi connectivity index (χ0v) is 23.9. The van der Waals surface area contributed by atoms with Crippen LogP contribution < -0.4 is 5.32 Å². The van der Waals surface area contributed by atoms with Crippen LogP contribution in [0.25, 0.3) is 16.9 Å². The molecule has 1 saturated heterocycles. The van der Waals surface area contributed by atoms with Crippen LogP contribution in [-0.4, -0.2) is 70.5 Å². The molecule has 2 aliphatic heterocycles. The fourth-order valence-electron chi connectivity index (χ4n) is 4.60. The van der Waals surface area contributed by atoms with Gasteiger partial charge in [-0.15, -0.1) is 11.8 Å². The third kappa shape index (κ3) is 5.26. The lowest BCUT2D eigenvalue weighted by molar-refractivity contribution is -0.139. The number of ether oxygens (including phenoxy) is 1. The Hall–Kier alpha value is -2.12. The van der Waals surface area contributed by atoms with Gasteiger partial charge in [0.1, 0.15) is 16.3 Å². The van der Waals surface area contributed by atoms with Crippen molar-refractivity contribution in [3.63, 3.8) is 0 Å². The first kappa shape index (κ1) is 26.5. The van der Waals surface area contributed by atoms with Crippen LogP contribution in [0.5, 0.6) is 0 Å². The van der Waals surface area contributed by atoms with Crippen LogP contribution in [0.15, 0.2) is 52.5 Å². The highest BCUT2D eigenvalue weighted by Gasteiger charge is 2.43. The number of esters is 1. The molecular weight excluding hydrogens is 602 g/mol. The van der Waals surface area contributed by atoms with E-state index in [9.17, 15) is 13.2 Å². The summed E-state index contributed by atoms with van der Waals surface area (Å²) in [6.45, 7) is 1.46. The molecule has 0 radical (unpaired) electrons. The maximum atomic E-state index is 13.3. The fraction of sp³-hybridized carbons (Fsp3) is 0.375. The zero-order valence-electron chi connectivity index (χ0n) is 19.9. The van der Waals surface area contributed by atoms with Crippen molar-refractivity contribution in [3.8, 4) is 11.3 Å². The second-order valence-electron chi connectivity index (χ2n) is 8.88. The summed E-state index contributed by atoms with van der Waals surface area (Å²) in [4.78, 5) is 16.8. The molecule has 0 amide bonds. The highest BCUT2D eigenvalue weighted by molar-refractivity contribution is 9.10. The zero-order chi connectivity index (χ0) is 26.2. The quantitative estimate of drug-likeness (QED) is 0.384. The van der Waals surface area contributed by atoms with Crippen molar-refractivity contribution < 1.29 is 17.9 Å². The van der Waals surface area contributed by atoms with E-state index < -0.39 is 26.5 Å². The van der Waals surface area contributed by atoms with Gasteiger partial charge in [-0.05, 0) is 46.2 Å². The number of piperidine rings is 1. The van der Waals surface area contributed by atoms with Crippen molar-refractivity contribution in [3.05, 3.63) is 57.5 Å². The summed E-state index contributed by atoms with van der Waals surface area (Å²) in [5, 5.41) is 8.55. The molecule has 4 heterocycles. The minimum Gasteiger partial charge on any atom is -0.468 e. The first-order valence-corrected chi connectivity index (χ1v) is 15.3. The molecule has 2 aliphatic rings. The van der Waals surface area contributed by atoms with E-state index in [4.69, 9.17) is 21.3 Å². The lowest BCUT2D eigenvalue weighted by Gasteiger charge is -2.33. The summed E-state index contributed by atoms with van der Waals surface area (Å²) in [6, 6.07) is 9.47. The smallest absolute Gasteiger partial charge is 0.320 e. The summed E-state index contributed by atoms with van der Waals surface area (Å²) in [6.07, 6.45) is 4.69. The van der Waals surface area contributed by atoms with Crippen LogP contribution in [-0.2, 0) is 19.6 Å². The van der Waals surface area contributed by atoms with E-state index in [2.05, 4.69) is 26.3 Å². The molecular formula is C24H25BrClN5O4S2. The van der Waals surface area contributed by atoms with Gasteiger partial charge in [0, 0.05) is 36.3 Å². The van der Waals surface area contributed by atoms with Crippen LogP contribution in [0.3, 0.4) is 0 Å². The van der Waals surface area contributed by atoms with Crippen LogP contribution in [0.4, 0.5) is 5.82 Å². The van der Waals surface area contributed by atoms with E-state index in [-0.39, 0.29) is 5.92 Å². The Morgan fingerprint density at radius 1 is 1.30 bits per heavy atom. The minimum absolute atomic E-state index is 0.266. The molecule has 5 rings (SSSR count). The Kier molecular flexibility index (Phi) is 7.83. The molecule has 2 atom stereocenters. The van der Waals surface area contributed by atoms with Crippen molar-refractivity contribution >= 4 is 66.8 Å². The number of thioether (sulfide) groups is 1. The molecule has 13 heteroatoms. The number of halogens is 2. The van der Waals surface area contributed by atoms with Crippen LogP contribution in [0, 0.1) is 5.92 Å². The molecule has 0 spiro atoms. The number of fused-ring (bicyclic) bond motifs is 1. The Morgan fingerprint density at radius 2 is 2.05 bits per heavy atom. The Labute approximate surface area is 232 Å². The number of anilines is 1. The third-order valence-corrected chi connectivity index (χ3v) is 11.0. The van der Waals surface area contributed by atoms with Crippen molar-refractivity contribution in [2.75, 3.05) is 32.1 Å². The standard InChI is InChI=1S/C24H25BrClN5O4S2/c1-35-24(32)22-20(8-11-36-22)37(33,34)30-9-6-15(7-10-30)13-27-21-12-19(16-4-2-3-5-18(16)26)29-23-17(25)14-28-31(21)23/h2-5,8,11-12,14-15,20,22,27H,6-7,9-10,13H2,1H3. The molecule has 2 aromatic heterocycles. The van der Waals surface area contributed by atoms with Gasteiger partial charge in [-0.2, -0.15) is 9.61 Å². The van der Waals surface area contributed by atoms with Gasteiger partial charge in [-0.3, -0.25) is 4.79 Å². The topological polar surface area (TPSA) is 106 Å².